The van der Waals surface area contributed by atoms with Gasteiger partial charge in [0.1, 0.15) is 5.69 Å². The van der Waals surface area contributed by atoms with Crippen LogP contribution in [0, 0.1) is 0 Å². The van der Waals surface area contributed by atoms with Gasteiger partial charge in [0.15, 0.2) is 5.69 Å². The van der Waals surface area contributed by atoms with Gasteiger partial charge in [-0.25, -0.2) is 9.61 Å². The summed E-state index contributed by atoms with van der Waals surface area (Å²) in [6, 6.07) is 7.23. The molecule has 18 heavy (non-hydrogen) atoms. The van der Waals surface area contributed by atoms with Gasteiger partial charge in [-0.05, 0) is 10.3 Å². The first kappa shape index (κ1) is 9.23. The summed E-state index contributed by atoms with van der Waals surface area (Å²) in [5, 5.41) is 15.2. The molecular formula is C11H5N5O2. The van der Waals surface area contributed by atoms with E-state index in [1.54, 1.807) is 12.1 Å². The molecule has 7 heteroatoms. The Labute approximate surface area is 98.8 Å². The van der Waals surface area contributed by atoms with Crippen molar-refractivity contribution in [3.63, 3.8) is 0 Å². The summed E-state index contributed by atoms with van der Waals surface area (Å²) in [5.41, 5.74) is 1.20. The van der Waals surface area contributed by atoms with Crippen molar-refractivity contribution in [2.75, 3.05) is 0 Å². The zero-order chi connectivity index (χ0) is 12.1. The molecule has 1 aromatic carbocycles. The molecule has 0 saturated carbocycles. The normalized spacial score (nSPS) is 11.6. The summed E-state index contributed by atoms with van der Waals surface area (Å²) in [6.07, 6.45) is 0. The maximum Gasteiger partial charge on any atom is 0.243 e. The number of nitrogens with zero attached hydrogens (tertiary/aromatic N) is 4. The van der Waals surface area contributed by atoms with Gasteiger partial charge in [-0.3, -0.25) is 9.89 Å². The van der Waals surface area contributed by atoms with E-state index in [1.807, 2.05) is 12.1 Å². The molecule has 86 valence electrons. The number of H-pyrrole nitrogens is 1. The predicted molar refractivity (Wildman–Crippen MR) is 62.1 cm³/mol. The molecular weight excluding hydrogens is 234 g/mol. The van der Waals surface area contributed by atoms with Crippen LogP contribution in [0.15, 0.2) is 33.7 Å². The van der Waals surface area contributed by atoms with Crippen LogP contribution in [-0.2, 0) is 0 Å². The highest BCUT2D eigenvalue weighted by molar-refractivity contribution is 5.99. The summed E-state index contributed by atoms with van der Waals surface area (Å²) in [7, 11) is 0. The topological polar surface area (TPSA) is 97.6 Å². The van der Waals surface area contributed by atoms with Gasteiger partial charge in [-0.15, -0.1) is 0 Å². The van der Waals surface area contributed by atoms with Gasteiger partial charge in [-0.2, -0.15) is 5.10 Å². The molecule has 0 radical (unpaired) electrons. The third kappa shape index (κ3) is 1.05. The van der Waals surface area contributed by atoms with Crippen LogP contribution in [0.1, 0.15) is 0 Å². The monoisotopic (exact) mass is 239 g/mol. The number of hydrogen-bond acceptors (Lipinski definition) is 6. The van der Waals surface area contributed by atoms with E-state index < -0.39 is 0 Å². The number of nitrogens with one attached hydrogen (secondary N) is 1. The molecule has 2 aliphatic rings. The Bertz CT molecular complexity index is 910. The summed E-state index contributed by atoms with van der Waals surface area (Å²) in [4.78, 5) is 16.4. The minimum Gasteiger partial charge on any atom is -0.287 e. The molecule has 7 nitrogen and oxygen atoms in total. The van der Waals surface area contributed by atoms with E-state index in [0.29, 0.717) is 16.7 Å². The average Bonchev–Trinajstić information content (AvgIpc) is 2.89. The van der Waals surface area contributed by atoms with Crippen molar-refractivity contribution in [3.05, 3.63) is 34.5 Å². The number of fused-ring (bicyclic) bond motifs is 4. The Balaban J connectivity index is 2.32. The zero-order valence-corrected chi connectivity index (χ0v) is 8.91. The van der Waals surface area contributed by atoms with Crippen LogP contribution in [0.25, 0.3) is 33.5 Å². The van der Waals surface area contributed by atoms with Gasteiger partial charge < -0.3 is 0 Å². The molecule has 0 fully saturated rings. The van der Waals surface area contributed by atoms with Crippen LogP contribution in [0.5, 0.6) is 0 Å². The van der Waals surface area contributed by atoms with Crippen molar-refractivity contribution in [1.82, 2.24) is 25.5 Å². The first-order valence-electron chi connectivity index (χ1n) is 5.24. The third-order valence-corrected chi connectivity index (χ3v) is 2.83. The van der Waals surface area contributed by atoms with Gasteiger partial charge in [0.05, 0.1) is 0 Å². The predicted octanol–water partition coefficient (Wildman–Crippen LogP) is 0.959. The molecule has 0 saturated heterocycles. The van der Waals surface area contributed by atoms with Crippen LogP contribution in [0.4, 0.5) is 0 Å². The van der Waals surface area contributed by atoms with Crippen molar-refractivity contribution < 1.29 is 4.63 Å². The molecule has 0 spiro atoms. The van der Waals surface area contributed by atoms with E-state index in [-0.39, 0.29) is 16.8 Å². The van der Waals surface area contributed by atoms with Crippen molar-refractivity contribution >= 4 is 22.1 Å². The largest absolute Gasteiger partial charge is 0.287 e. The quantitative estimate of drug-likeness (QED) is 0.490. The fraction of sp³-hybridized carbons (Fsp3) is 0. The molecule has 1 aliphatic carbocycles. The summed E-state index contributed by atoms with van der Waals surface area (Å²) >= 11 is 0. The molecule has 2 aromatic rings. The lowest BCUT2D eigenvalue weighted by molar-refractivity contribution is 0.313. The van der Waals surface area contributed by atoms with Crippen LogP contribution in [0.3, 0.4) is 0 Å². The van der Waals surface area contributed by atoms with Crippen LogP contribution in [-0.4, -0.2) is 25.5 Å². The molecule has 0 amide bonds. The molecule has 0 atom stereocenters. The Morgan fingerprint density at radius 2 is 1.89 bits per heavy atom. The van der Waals surface area contributed by atoms with Crippen molar-refractivity contribution in [2.45, 2.75) is 0 Å². The molecule has 2 heterocycles. The maximum absolute atomic E-state index is 12.1. The standard InChI is InChI=1S/C11H5N5O2/c17-9-6-4-2-1-3-5(6)7-8(9)13-14-11-10(12-7)15-18-16-11/h1-4H,(H,14,16). The first-order chi connectivity index (χ1) is 8.84. The highest BCUT2D eigenvalue weighted by Gasteiger charge is 2.19. The van der Waals surface area contributed by atoms with E-state index in [9.17, 15) is 4.79 Å². The van der Waals surface area contributed by atoms with Gasteiger partial charge in [0.25, 0.3) is 0 Å². The third-order valence-electron chi connectivity index (χ3n) is 2.83. The molecule has 1 N–H and O–H groups in total. The second-order valence-corrected chi connectivity index (χ2v) is 3.84. The minimum atomic E-state index is -0.154. The minimum absolute atomic E-state index is 0.154. The van der Waals surface area contributed by atoms with Crippen molar-refractivity contribution in [1.29, 1.82) is 0 Å². The van der Waals surface area contributed by atoms with E-state index in [0.717, 1.165) is 5.39 Å². The first-order valence-corrected chi connectivity index (χ1v) is 5.24. The number of hydrogen-bond donors (Lipinski definition) is 1. The van der Waals surface area contributed by atoms with E-state index >= 15 is 0 Å². The van der Waals surface area contributed by atoms with Crippen LogP contribution < -0.4 is 5.43 Å². The maximum atomic E-state index is 12.1. The summed E-state index contributed by atoms with van der Waals surface area (Å²) in [6.45, 7) is 0. The number of benzene rings is 1. The lowest BCUT2D eigenvalue weighted by Crippen LogP contribution is -1.99. The number of aromatic nitrogens is 5. The Hall–Kier alpha value is -2.83. The highest BCUT2D eigenvalue weighted by atomic mass is 16.6. The highest BCUT2D eigenvalue weighted by Crippen LogP contribution is 2.25. The summed E-state index contributed by atoms with van der Waals surface area (Å²) < 4.78 is 4.56. The van der Waals surface area contributed by atoms with E-state index in [4.69, 9.17) is 0 Å². The lowest BCUT2D eigenvalue weighted by Gasteiger charge is -1.88. The zero-order valence-electron chi connectivity index (χ0n) is 8.91. The number of aromatic amines is 1. The Kier molecular flexibility index (Phi) is 1.59. The van der Waals surface area contributed by atoms with Crippen LogP contribution in [0.2, 0.25) is 0 Å². The molecule has 1 aliphatic heterocycles. The molecule has 0 bridgehead atoms. The smallest absolute Gasteiger partial charge is 0.243 e. The van der Waals surface area contributed by atoms with E-state index in [1.165, 1.54) is 0 Å². The van der Waals surface area contributed by atoms with Crippen LogP contribution >= 0.6 is 0 Å². The Morgan fingerprint density at radius 3 is 2.78 bits per heavy atom. The molecule has 1 aromatic heterocycles. The fourth-order valence-corrected chi connectivity index (χ4v) is 2.01. The second-order valence-electron chi connectivity index (χ2n) is 3.84. The van der Waals surface area contributed by atoms with Crippen molar-refractivity contribution in [2.24, 2.45) is 0 Å². The summed E-state index contributed by atoms with van der Waals surface area (Å²) in [5.74, 6) is 0. The van der Waals surface area contributed by atoms with Gasteiger partial charge >= 0.3 is 0 Å². The van der Waals surface area contributed by atoms with Crippen molar-refractivity contribution in [3.8, 4) is 11.4 Å². The van der Waals surface area contributed by atoms with Gasteiger partial charge in [0.2, 0.25) is 16.7 Å². The number of rotatable bonds is 0. The van der Waals surface area contributed by atoms with Gasteiger partial charge in [0, 0.05) is 10.8 Å². The second kappa shape index (κ2) is 3.10. The molecule has 0 unspecified atom stereocenters. The lowest BCUT2D eigenvalue weighted by atomic mass is 10.2. The Morgan fingerprint density at radius 1 is 1.06 bits per heavy atom. The SMILES string of the molecule is O=c1c2n[nH]c3nonc3nc-2c2ccccc12. The fourth-order valence-electron chi connectivity index (χ4n) is 2.01. The van der Waals surface area contributed by atoms with Gasteiger partial charge in [-0.1, -0.05) is 24.3 Å². The molecule has 4 rings (SSSR count). The van der Waals surface area contributed by atoms with E-state index in [2.05, 4.69) is 30.1 Å². The average molecular weight is 239 g/mol.